The molecule has 18 heavy (non-hydrogen) atoms. The van der Waals surface area contributed by atoms with Gasteiger partial charge in [-0.05, 0) is 25.8 Å². The zero-order valence-electron chi connectivity index (χ0n) is 11.1. The first-order valence-electron chi connectivity index (χ1n) is 5.94. The Morgan fingerprint density at radius 2 is 2.33 bits per heavy atom. The number of esters is 1. The quantitative estimate of drug-likeness (QED) is 0.264. The summed E-state index contributed by atoms with van der Waals surface area (Å²) >= 11 is 0. The molecular weight excluding hydrogens is 236 g/mol. The van der Waals surface area contributed by atoms with Crippen LogP contribution in [0.25, 0.3) is 10.4 Å². The molecule has 1 rings (SSSR count). The molecule has 0 aromatic carbocycles. The Hall–Kier alpha value is -1.30. The topological polar surface area (TPSA) is 96.3 Å². The smallest absolute Gasteiger partial charge is 0.326 e. The number of carbonyl (C=O) groups excluding carboxylic acids is 1. The molecule has 7 nitrogen and oxygen atoms in total. The van der Waals surface area contributed by atoms with E-state index in [0.29, 0.717) is 32.5 Å². The highest BCUT2D eigenvalue weighted by atomic mass is 16.5. The lowest BCUT2D eigenvalue weighted by Gasteiger charge is -2.43. The van der Waals surface area contributed by atoms with Gasteiger partial charge in [-0.25, -0.2) is 0 Å². The first kappa shape index (κ1) is 14.8. The van der Waals surface area contributed by atoms with Crippen LogP contribution in [-0.4, -0.2) is 43.9 Å². The predicted molar refractivity (Wildman–Crippen MR) is 66.0 cm³/mol. The van der Waals surface area contributed by atoms with Crippen LogP contribution in [0.1, 0.15) is 26.7 Å². The van der Waals surface area contributed by atoms with E-state index in [0.717, 1.165) is 0 Å². The molecule has 7 heteroatoms. The summed E-state index contributed by atoms with van der Waals surface area (Å²) in [7, 11) is 1.38. The molecule has 0 saturated carbocycles. The summed E-state index contributed by atoms with van der Waals surface area (Å²) < 4.78 is 10.5. The largest absolute Gasteiger partial charge is 0.468 e. The minimum absolute atomic E-state index is 0.292. The van der Waals surface area contributed by atoms with Crippen molar-refractivity contribution in [2.24, 2.45) is 5.11 Å². The van der Waals surface area contributed by atoms with Crippen LogP contribution in [0.5, 0.6) is 0 Å². The van der Waals surface area contributed by atoms with E-state index in [1.165, 1.54) is 7.11 Å². The maximum absolute atomic E-state index is 12.0. The first-order valence-corrected chi connectivity index (χ1v) is 5.94. The van der Waals surface area contributed by atoms with Gasteiger partial charge in [0.05, 0.1) is 12.7 Å². The lowest BCUT2D eigenvalue weighted by molar-refractivity contribution is -0.161. The van der Waals surface area contributed by atoms with Crippen LogP contribution >= 0.6 is 0 Å². The van der Waals surface area contributed by atoms with E-state index < -0.39 is 5.54 Å². The summed E-state index contributed by atoms with van der Waals surface area (Å²) in [4.78, 5) is 14.7. The minimum atomic E-state index is -0.749. The molecular formula is C11H20N4O3. The Morgan fingerprint density at radius 3 is 2.89 bits per heavy atom. The van der Waals surface area contributed by atoms with Crippen LogP contribution in [0.4, 0.5) is 0 Å². The molecule has 1 aliphatic rings. The zero-order chi connectivity index (χ0) is 13.6. The molecule has 1 unspecified atom stereocenters. The monoisotopic (exact) mass is 256 g/mol. The van der Waals surface area contributed by atoms with Crippen molar-refractivity contribution in [1.82, 2.24) is 5.32 Å². The van der Waals surface area contributed by atoms with Gasteiger partial charge in [0.2, 0.25) is 0 Å². The summed E-state index contributed by atoms with van der Waals surface area (Å²) in [6.07, 6.45) is 1.09. The molecule has 0 bridgehead atoms. The van der Waals surface area contributed by atoms with Crippen molar-refractivity contribution in [3.8, 4) is 0 Å². The molecule has 0 spiro atoms. The van der Waals surface area contributed by atoms with E-state index in [4.69, 9.17) is 15.0 Å². The van der Waals surface area contributed by atoms with Crippen molar-refractivity contribution in [2.75, 3.05) is 26.8 Å². The summed E-state index contributed by atoms with van der Waals surface area (Å²) in [5, 5.41) is 6.60. The Bertz CT molecular complexity index is 352. The third kappa shape index (κ3) is 3.60. The predicted octanol–water partition coefficient (Wildman–Crippen LogP) is 1.39. The van der Waals surface area contributed by atoms with Crippen LogP contribution < -0.4 is 5.32 Å². The Kier molecular flexibility index (Phi) is 4.95. The fourth-order valence-corrected chi connectivity index (χ4v) is 2.35. The van der Waals surface area contributed by atoms with Gasteiger partial charge in [-0.3, -0.25) is 4.79 Å². The number of hydrogen-bond donors (Lipinski definition) is 1. The van der Waals surface area contributed by atoms with E-state index in [1.807, 2.05) is 13.8 Å². The first-order chi connectivity index (χ1) is 8.46. The lowest BCUT2D eigenvalue weighted by Crippen LogP contribution is -2.60. The molecule has 1 fully saturated rings. The summed E-state index contributed by atoms with van der Waals surface area (Å²) in [6.45, 7) is 5.13. The average Bonchev–Trinajstić information content (AvgIpc) is 2.32. The second-order valence-corrected chi connectivity index (χ2v) is 4.99. The van der Waals surface area contributed by atoms with Gasteiger partial charge in [-0.2, -0.15) is 0 Å². The highest BCUT2D eigenvalue weighted by molar-refractivity contribution is 5.81. The van der Waals surface area contributed by atoms with Gasteiger partial charge in [0, 0.05) is 31.0 Å². The molecule has 102 valence electrons. The SMILES string of the molecule is COC(=O)C1(NCCN=[N+]=[N-])CCOC(C)(C)C1. The van der Waals surface area contributed by atoms with Crippen molar-refractivity contribution in [2.45, 2.75) is 37.8 Å². The van der Waals surface area contributed by atoms with Crippen molar-refractivity contribution in [3.05, 3.63) is 10.4 Å². The maximum atomic E-state index is 12.0. The summed E-state index contributed by atoms with van der Waals surface area (Å²) in [5.41, 5.74) is 7.10. The lowest BCUT2D eigenvalue weighted by atomic mass is 9.81. The molecule has 0 aliphatic carbocycles. The van der Waals surface area contributed by atoms with Crippen LogP contribution in [-0.2, 0) is 14.3 Å². The van der Waals surface area contributed by atoms with Gasteiger partial charge in [0.1, 0.15) is 5.54 Å². The molecule has 0 aromatic rings. The highest BCUT2D eigenvalue weighted by Crippen LogP contribution is 2.32. The van der Waals surface area contributed by atoms with Gasteiger partial charge in [-0.15, -0.1) is 0 Å². The van der Waals surface area contributed by atoms with Crippen molar-refractivity contribution in [1.29, 1.82) is 0 Å². The Labute approximate surface area is 106 Å². The van der Waals surface area contributed by atoms with Crippen molar-refractivity contribution < 1.29 is 14.3 Å². The second kappa shape index (κ2) is 6.04. The molecule has 0 radical (unpaired) electrons. The highest BCUT2D eigenvalue weighted by Gasteiger charge is 2.46. The summed E-state index contributed by atoms with van der Waals surface area (Å²) in [6, 6.07) is 0. The number of ether oxygens (including phenoxy) is 2. The maximum Gasteiger partial charge on any atom is 0.326 e. The number of hydrogen-bond acceptors (Lipinski definition) is 5. The average molecular weight is 256 g/mol. The number of methoxy groups -OCH3 is 1. The third-order valence-corrected chi connectivity index (χ3v) is 3.06. The number of rotatable bonds is 5. The third-order valence-electron chi connectivity index (χ3n) is 3.06. The number of azide groups is 1. The normalized spacial score (nSPS) is 26.2. The molecule has 1 atom stereocenters. The van der Waals surface area contributed by atoms with Gasteiger partial charge >= 0.3 is 5.97 Å². The van der Waals surface area contributed by atoms with Crippen LogP contribution in [0.2, 0.25) is 0 Å². The molecule has 1 N–H and O–H groups in total. The Morgan fingerprint density at radius 1 is 1.61 bits per heavy atom. The van der Waals surface area contributed by atoms with Crippen LogP contribution in [0, 0.1) is 0 Å². The summed E-state index contributed by atoms with van der Waals surface area (Å²) in [5.74, 6) is -0.292. The van der Waals surface area contributed by atoms with Gasteiger partial charge in [0.15, 0.2) is 0 Å². The molecule has 1 heterocycles. The van der Waals surface area contributed by atoms with E-state index in [9.17, 15) is 4.79 Å². The van der Waals surface area contributed by atoms with E-state index in [-0.39, 0.29) is 11.6 Å². The van der Waals surface area contributed by atoms with Gasteiger partial charge in [-0.1, -0.05) is 5.11 Å². The Balaban J connectivity index is 2.75. The minimum Gasteiger partial charge on any atom is -0.468 e. The number of nitrogens with zero attached hydrogens (tertiary/aromatic N) is 3. The fraction of sp³-hybridized carbons (Fsp3) is 0.909. The van der Waals surface area contributed by atoms with Gasteiger partial charge in [0.25, 0.3) is 0 Å². The standard InChI is InChI=1S/C11H20N4O3/c1-10(2)8-11(4-7-18-10,9(16)17-3)13-5-6-14-15-12/h13H,4-8H2,1-3H3. The molecule has 0 amide bonds. The van der Waals surface area contributed by atoms with Crippen LogP contribution in [0.15, 0.2) is 5.11 Å². The fourth-order valence-electron chi connectivity index (χ4n) is 2.35. The number of carbonyl (C=O) groups is 1. The molecule has 1 aliphatic heterocycles. The van der Waals surface area contributed by atoms with E-state index >= 15 is 0 Å². The van der Waals surface area contributed by atoms with E-state index in [2.05, 4.69) is 15.3 Å². The van der Waals surface area contributed by atoms with Crippen LogP contribution in [0.3, 0.4) is 0 Å². The van der Waals surface area contributed by atoms with Crippen molar-refractivity contribution >= 4 is 5.97 Å². The zero-order valence-corrected chi connectivity index (χ0v) is 11.1. The molecule has 1 saturated heterocycles. The van der Waals surface area contributed by atoms with Crippen molar-refractivity contribution in [3.63, 3.8) is 0 Å². The van der Waals surface area contributed by atoms with Gasteiger partial charge < -0.3 is 14.8 Å². The van der Waals surface area contributed by atoms with E-state index in [1.54, 1.807) is 0 Å². The second-order valence-electron chi connectivity index (χ2n) is 4.99. The molecule has 0 aromatic heterocycles. The number of nitrogens with one attached hydrogen (secondary N) is 1.